The molecule has 57 heavy (non-hydrogen) atoms. The predicted molar refractivity (Wildman–Crippen MR) is 239 cm³/mol. The van der Waals surface area contributed by atoms with E-state index in [0.717, 1.165) is 117 Å². The molecule has 0 radical (unpaired) electrons. The molecule has 3 rings (SSSR count). The number of halogens is 2. The molecule has 10 nitrogen and oxygen atoms in total. The zero-order valence-electron chi connectivity index (χ0n) is 36.1. The second-order valence-electron chi connectivity index (χ2n) is 14.4. The third-order valence-corrected chi connectivity index (χ3v) is 12.4. The largest absolute Gasteiger partial charge is 0.361 e. The number of ether oxygens (including phenoxy) is 2. The van der Waals surface area contributed by atoms with Crippen LogP contribution < -0.4 is 15.1 Å². The third kappa shape index (κ3) is 17.6. The molecule has 0 bridgehead atoms. The second kappa shape index (κ2) is 30.1. The fourth-order valence-corrected chi connectivity index (χ4v) is 8.31. The highest BCUT2D eigenvalue weighted by Gasteiger charge is 2.46. The number of unbranched alkanes of at least 4 members (excludes halogenated alkanes) is 3. The van der Waals surface area contributed by atoms with Gasteiger partial charge in [-0.15, -0.1) is 23.2 Å². The summed E-state index contributed by atoms with van der Waals surface area (Å²) in [6.07, 6.45) is 13.9. The van der Waals surface area contributed by atoms with E-state index in [-0.39, 0.29) is 37.0 Å². The van der Waals surface area contributed by atoms with Crippen LogP contribution in [0, 0.1) is 0 Å². The number of benzene rings is 2. The number of rotatable bonds is 23. The molecule has 2 aromatic rings. The van der Waals surface area contributed by atoms with Crippen LogP contribution in [0.4, 0.5) is 11.4 Å². The average Bonchev–Trinajstić information content (AvgIpc) is 3.23. The number of anilines is 2. The third-order valence-electron chi connectivity index (χ3n) is 10.2. The van der Waals surface area contributed by atoms with Crippen molar-refractivity contribution in [2.45, 2.75) is 150 Å². The number of nitrogens with zero attached hydrogens (tertiary/aromatic N) is 2. The summed E-state index contributed by atoms with van der Waals surface area (Å²) in [4.78, 5) is 46.7. The molecule has 2 aromatic carbocycles. The van der Waals surface area contributed by atoms with Gasteiger partial charge >= 0.3 is 7.60 Å². The molecule has 1 saturated carbocycles. The summed E-state index contributed by atoms with van der Waals surface area (Å²) in [5.74, 6) is -0.274. The van der Waals surface area contributed by atoms with Crippen molar-refractivity contribution >= 4 is 54.0 Å². The molecule has 2 amide bonds. The SMILES string of the molecule is CCCCNC1(P(=O)(O)O)CCCCC1.CCCCOCN(C(=O)CCl)c1c(CC)cccc1CC.CCCCOCN(C(=O)CCl)c1c(CC)cccc1CC. The number of nitrogens with one attached hydrogen (secondary N) is 1. The molecular weight excluding hydrogens is 784 g/mol. The predicted octanol–water partition coefficient (Wildman–Crippen LogP) is 10.5. The summed E-state index contributed by atoms with van der Waals surface area (Å²) in [6.45, 7) is 17.3. The molecule has 1 aliphatic carbocycles. The topological polar surface area (TPSA) is 129 Å². The van der Waals surface area contributed by atoms with Gasteiger partial charge < -0.3 is 24.6 Å². The molecule has 0 aliphatic heterocycles. The smallest absolute Gasteiger partial charge is 0.345 e. The molecule has 13 heteroatoms. The quantitative estimate of drug-likeness (QED) is 0.0436. The minimum Gasteiger partial charge on any atom is -0.361 e. The van der Waals surface area contributed by atoms with Gasteiger partial charge in [-0.2, -0.15) is 0 Å². The Morgan fingerprint density at radius 2 is 1.04 bits per heavy atom. The van der Waals surface area contributed by atoms with Crippen molar-refractivity contribution in [1.82, 2.24) is 5.32 Å². The Balaban J connectivity index is 0.000000434. The maximum absolute atomic E-state index is 12.2. The first-order valence-electron chi connectivity index (χ1n) is 21.3. The van der Waals surface area contributed by atoms with Crippen LogP contribution in [-0.2, 0) is 49.3 Å². The number of hydrogen-bond donors (Lipinski definition) is 3. The van der Waals surface area contributed by atoms with Gasteiger partial charge in [-0.1, -0.05) is 123 Å². The highest BCUT2D eigenvalue weighted by molar-refractivity contribution is 7.53. The Labute approximate surface area is 354 Å². The zero-order chi connectivity index (χ0) is 42.7. The normalized spacial score (nSPS) is 13.5. The van der Waals surface area contributed by atoms with Gasteiger partial charge in [0.25, 0.3) is 0 Å². The number of alkyl halides is 2. The standard InChI is InChI=1S/2C17H26ClNO2.C10H22NO3P/c2*1-4-7-11-21-13-19(16(20)12-18)17-14(5-2)9-8-10-15(17)6-3;1-2-3-9-11-10(15(12,13)14)7-5-4-6-8-10/h2*8-10H,4-7,11-13H2,1-3H3;11H,2-9H2,1H3,(H2,12,13,14). The van der Waals surface area contributed by atoms with E-state index in [1.165, 1.54) is 0 Å². The van der Waals surface area contributed by atoms with E-state index in [1.807, 2.05) is 12.1 Å². The summed E-state index contributed by atoms with van der Waals surface area (Å²) >= 11 is 11.6. The van der Waals surface area contributed by atoms with Crippen LogP contribution in [0.25, 0.3) is 0 Å². The van der Waals surface area contributed by atoms with Crippen LogP contribution in [0.2, 0.25) is 0 Å². The molecule has 0 saturated heterocycles. The van der Waals surface area contributed by atoms with Crippen LogP contribution in [0.1, 0.15) is 141 Å². The number of hydrogen-bond acceptors (Lipinski definition) is 6. The van der Waals surface area contributed by atoms with Gasteiger partial charge in [0.05, 0.1) is 11.4 Å². The van der Waals surface area contributed by atoms with Gasteiger partial charge in [0, 0.05) is 13.2 Å². The molecule has 3 N–H and O–H groups in total. The highest BCUT2D eigenvalue weighted by atomic mass is 35.5. The van der Waals surface area contributed by atoms with Gasteiger partial charge in [0.2, 0.25) is 11.8 Å². The summed E-state index contributed by atoms with van der Waals surface area (Å²) in [6, 6.07) is 12.3. The first-order chi connectivity index (χ1) is 27.4. The van der Waals surface area contributed by atoms with E-state index in [1.54, 1.807) is 9.80 Å². The van der Waals surface area contributed by atoms with Crippen LogP contribution in [0.15, 0.2) is 36.4 Å². The number of carbonyl (C=O) groups excluding carboxylic acids is 2. The Kier molecular flexibility index (Phi) is 28.0. The number of carbonyl (C=O) groups is 2. The lowest BCUT2D eigenvalue weighted by Crippen LogP contribution is -2.46. The molecular formula is C44H74Cl2N3O7P. The van der Waals surface area contributed by atoms with Gasteiger partial charge in [-0.3, -0.25) is 24.0 Å². The van der Waals surface area contributed by atoms with Gasteiger partial charge in [0.1, 0.15) is 30.5 Å². The van der Waals surface area contributed by atoms with E-state index in [4.69, 9.17) is 32.7 Å². The minimum atomic E-state index is -4.02. The Hall–Kier alpha value is -2.01. The molecule has 0 unspecified atom stereocenters. The lowest BCUT2D eigenvalue weighted by atomic mass is 9.94. The summed E-state index contributed by atoms with van der Waals surface area (Å²) in [7, 11) is -4.02. The van der Waals surface area contributed by atoms with Gasteiger partial charge in [-0.05, 0) is 86.6 Å². The molecule has 0 spiro atoms. The van der Waals surface area contributed by atoms with Crippen LogP contribution in [-0.4, -0.2) is 71.9 Å². The van der Waals surface area contributed by atoms with Gasteiger partial charge in [0.15, 0.2) is 0 Å². The minimum absolute atomic E-state index is 0.0294. The van der Waals surface area contributed by atoms with Crippen molar-refractivity contribution in [3.05, 3.63) is 58.7 Å². The Morgan fingerprint density at radius 1 is 0.667 bits per heavy atom. The van der Waals surface area contributed by atoms with Crippen molar-refractivity contribution in [3.63, 3.8) is 0 Å². The molecule has 326 valence electrons. The Morgan fingerprint density at radius 3 is 1.33 bits per heavy atom. The van der Waals surface area contributed by atoms with Crippen LogP contribution >= 0.6 is 30.8 Å². The molecule has 1 aliphatic rings. The Bertz CT molecular complexity index is 1340. The first-order valence-corrected chi connectivity index (χ1v) is 24.0. The first kappa shape index (κ1) is 53.0. The summed E-state index contributed by atoms with van der Waals surface area (Å²) in [5.41, 5.74) is 6.59. The second-order valence-corrected chi connectivity index (χ2v) is 16.9. The average molecular weight is 859 g/mol. The van der Waals surface area contributed by atoms with E-state index < -0.39 is 12.9 Å². The van der Waals surface area contributed by atoms with Crippen molar-refractivity contribution in [3.8, 4) is 0 Å². The monoisotopic (exact) mass is 857 g/mol. The fraction of sp³-hybridized carbons (Fsp3) is 0.682. The molecule has 0 atom stereocenters. The molecule has 0 aromatic heterocycles. The lowest BCUT2D eigenvalue weighted by molar-refractivity contribution is -0.118. The van der Waals surface area contributed by atoms with Gasteiger partial charge in [-0.25, -0.2) is 0 Å². The van der Waals surface area contributed by atoms with Crippen molar-refractivity contribution in [2.75, 3.05) is 54.8 Å². The fourth-order valence-electron chi connectivity index (χ4n) is 6.80. The van der Waals surface area contributed by atoms with Crippen molar-refractivity contribution < 1.29 is 33.4 Å². The number of aryl methyl sites for hydroxylation is 4. The lowest BCUT2D eigenvalue weighted by Gasteiger charge is -2.38. The number of amides is 2. The maximum Gasteiger partial charge on any atom is 0.345 e. The maximum atomic E-state index is 12.2. The molecule has 0 heterocycles. The van der Waals surface area contributed by atoms with E-state index in [0.29, 0.717) is 32.6 Å². The zero-order valence-corrected chi connectivity index (χ0v) is 38.5. The van der Waals surface area contributed by atoms with Crippen molar-refractivity contribution in [2.24, 2.45) is 0 Å². The van der Waals surface area contributed by atoms with E-state index in [9.17, 15) is 23.9 Å². The molecule has 1 fully saturated rings. The van der Waals surface area contributed by atoms with Crippen LogP contribution in [0.3, 0.4) is 0 Å². The van der Waals surface area contributed by atoms with E-state index in [2.05, 4.69) is 78.0 Å². The number of para-hydroxylation sites is 2. The van der Waals surface area contributed by atoms with Crippen molar-refractivity contribution in [1.29, 1.82) is 0 Å². The van der Waals surface area contributed by atoms with Crippen LogP contribution in [0.5, 0.6) is 0 Å². The van der Waals surface area contributed by atoms with E-state index >= 15 is 0 Å². The summed E-state index contributed by atoms with van der Waals surface area (Å²) < 4.78 is 22.9. The highest BCUT2D eigenvalue weighted by Crippen LogP contribution is 2.55. The summed E-state index contributed by atoms with van der Waals surface area (Å²) in [5, 5.41) is 2.20.